The Labute approximate surface area is 135 Å². The summed E-state index contributed by atoms with van der Waals surface area (Å²) in [4.78, 5) is 0. The number of halogens is 4. The summed E-state index contributed by atoms with van der Waals surface area (Å²) in [7, 11) is 0. The van der Waals surface area contributed by atoms with Crippen LogP contribution in [0.4, 0.5) is 19.0 Å². The molecule has 0 bridgehead atoms. The molecular weight excluding hydrogens is 327 g/mol. The Morgan fingerprint density at radius 1 is 1.00 bits per heavy atom. The van der Waals surface area contributed by atoms with Crippen LogP contribution in [0.3, 0.4) is 0 Å². The van der Waals surface area contributed by atoms with E-state index in [1.54, 1.807) is 30.3 Å². The van der Waals surface area contributed by atoms with Crippen molar-refractivity contribution in [2.75, 3.05) is 5.73 Å². The third-order valence-corrected chi connectivity index (χ3v) is 3.55. The zero-order valence-electron chi connectivity index (χ0n) is 11.7. The average molecular weight is 338 g/mol. The van der Waals surface area contributed by atoms with Gasteiger partial charge in [0.2, 0.25) is 0 Å². The van der Waals surface area contributed by atoms with E-state index in [-0.39, 0.29) is 11.5 Å². The molecule has 0 unspecified atom stereocenters. The first-order chi connectivity index (χ1) is 10.8. The SMILES string of the molecule is Nc1cc(-c2ccc(Cl)cc2)nn1-c1cccc(C(F)(F)F)c1. The van der Waals surface area contributed by atoms with Gasteiger partial charge in [-0.2, -0.15) is 18.3 Å². The number of nitrogen functional groups attached to an aromatic ring is 1. The highest BCUT2D eigenvalue weighted by molar-refractivity contribution is 6.30. The monoisotopic (exact) mass is 337 g/mol. The maximum atomic E-state index is 12.8. The fourth-order valence-electron chi connectivity index (χ4n) is 2.18. The molecule has 3 nitrogen and oxygen atoms in total. The number of anilines is 1. The van der Waals surface area contributed by atoms with Crippen molar-refractivity contribution in [1.29, 1.82) is 0 Å². The van der Waals surface area contributed by atoms with Gasteiger partial charge in [-0.15, -0.1) is 0 Å². The summed E-state index contributed by atoms with van der Waals surface area (Å²) in [5, 5.41) is 4.87. The van der Waals surface area contributed by atoms with Crippen LogP contribution in [0, 0.1) is 0 Å². The van der Waals surface area contributed by atoms with E-state index in [0.29, 0.717) is 10.7 Å². The molecule has 0 radical (unpaired) electrons. The number of nitrogens with two attached hydrogens (primary N) is 1. The summed E-state index contributed by atoms with van der Waals surface area (Å²) in [6, 6.07) is 13.4. The highest BCUT2D eigenvalue weighted by Gasteiger charge is 2.30. The van der Waals surface area contributed by atoms with Crippen molar-refractivity contribution in [2.24, 2.45) is 0 Å². The predicted molar refractivity (Wildman–Crippen MR) is 83.4 cm³/mol. The van der Waals surface area contributed by atoms with Gasteiger partial charge in [-0.25, -0.2) is 4.68 Å². The first kappa shape index (κ1) is 15.4. The van der Waals surface area contributed by atoms with Gasteiger partial charge in [0, 0.05) is 16.7 Å². The summed E-state index contributed by atoms with van der Waals surface area (Å²) in [6.45, 7) is 0. The molecule has 23 heavy (non-hydrogen) atoms. The minimum atomic E-state index is -4.42. The lowest BCUT2D eigenvalue weighted by molar-refractivity contribution is -0.137. The van der Waals surface area contributed by atoms with E-state index in [1.807, 2.05) is 0 Å². The summed E-state index contributed by atoms with van der Waals surface area (Å²) in [6.07, 6.45) is -4.42. The van der Waals surface area contributed by atoms with E-state index in [0.717, 1.165) is 17.7 Å². The van der Waals surface area contributed by atoms with Crippen LogP contribution in [0.2, 0.25) is 5.02 Å². The maximum Gasteiger partial charge on any atom is 0.416 e. The number of aromatic nitrogens is 2. The van der Waals surface area contributed by atoms with E-state index in [1.165, 1.54) is 16.8 Å². The second-order valence-corrected chi connectivity index (χ2v) is 5.36. The molecule has 7 heteroatoms. The molecule has 2 aromatic carbocycles. The molecule has 2 N–H and O–H groups in total. The molecular formula is C16H11ClF3N3. The molecule has 0 saturated carbocycles. The number of alkyl halides is 3. The molecule has 0 atom stereocenters. The lowest BCUT2D eigenvalue weighted by Gasteiger charge is -2.09. The van der Waals surface area contributed by atoms with Crippen LogP contribution in [-0.4, -0.2) is 9.78 Å². The van der Waals surface area contributed by atoms with E-state index < -0.39 is 11.7 Å². The Morgan fingerprint density at radius 2 is 1.70 bits per heavy atom. The van der Waals surface area contributed by atoms with E-state index >= 15 is 0 Å². The van der Waals surface area contributed by atoms with E-state index in [9.17, 15) is 13.2 Å². The zero-order valence-corrected chi connectivity index (χ0v) is 12.4. The minimum Gasteiger partial charge on any atom is -0.384 e. The van der Waals surface area contributed by atoms with Gasteiger partial charge in [0.15, 0.2) is 0 Å². The van der Waals surface area contributed by atoms with Crippen LogP contribution in [0.15, 0.2) is 54.6 Å². The topological polar surface area (TPSA) is 43.8 Å². The standard InChI is InChI=1S/C16H11ClF3N3/c17-12-6-4-10(5-7-12)14-9-15(21)23(22-14)13-3-1-2-11(8-13)16(18,19)20/h1-9H,21H2. The molecule has 0 aliphatic heterocycles. The van der Waals surface area contributed by atoms with Crippen molar-refractivity contribution in [3.05, 3.63) is 65.2 Å². The highest BCUT2D eigenvalue weighted by atomic mass is 35.5. The van der Waals surface area contributed by atoms with Crippen LogP contribution in [0.5, 0.6) is 0 Å². The van der Waals surface area contributed by atoms with Gasteiger partial charge in [-0.3, -0.25) is 0 Å². The molecule has 1 heterocycles. The highest BCUT2D eigenvalue weighted by Crippen LogP contribution is 2.31. The number of benzene rings is 2. The van der Waals surface area contributed by atoms with Gasteiger partial charge in [-0.1, -0.05) is 29.8 Å². The lowest BCUT2D eigenvalue weighted by Crippen LogP contribution is -2.07. The Hall–Kier alpha value is -2.47. The summed E-state index contributed by atoms with van der Waals surface area (Å²) < 4.78 is 39.7. The molecule has 3 aromatic rings. The van der Waals surface area contributed by atoms with Crippen LogP contribution in [0.25, 0.3) is 16.9 Å². The number of rotatable bonds is 2. The fourth-order valence-corrected chi connectivity index (χ4v) is 2.30. The number of hydrogen-bond acceptors (Lipinski definition) is 2. The molecule has 0 fully saturated rings. The largest absolute Gasteiger partial charge is 0.416 e. The molecule has 118 valence electrons. The lowest BCUT2D eigenvalue weighted by atomic mass is 10.1. The van der Waals surface area contributed by atoms with Crippen molar-refractivity contribution in [1.82, 2.24) is 9.78 Å². The Morgan fingerprint density at radius 3 is 2.35 bits per heavy atom. The van der Waals surface area contributed by atoms with E-state index in [4.69, 9.17) is 17.3 Å². The number of hydrogen-bond donors (Lipinski definition) is 1. The maximum absolute atomic E-state index is 12.8. The van der Waals surface area contributed by atoms with Crippen molar-refractivity contribution in [3.8, 4) is 16.9 Å². The second-order valence-electron chi connectivity index (χ2n) is 4.92. The van der Waals surface area contributed by atoms with Gasteiger partial charge < -0.3 is 5.73 Å². The van der Waals surface area contributed by atoms with Crippen LogP contribution in [0.1, 0.15) is 5.56 Å². The molecule has 1 aromatic heterocycles. The normalized spacial score (nSPS) is 11.7. The van der Waals surface area contributed by atoms with Gasteiger partial charge in [0.05, 0.1) is 16.9 Å². The zero-order chi connectivity index (χ0) is 16.6. The molecule has 0 amide bonds. The Balaban J connectivity index is 2.03. The van der Waals surface area contributed by atoms with Gasteiger partial charge in [0.1, 0.15) is 5.82 Å². The predicted octanol–water partition coefficient (Wildman–Crippen LogP) is 4.79. The molecule has 0 aliphatic rings. The van der Waals surface area contributed by atoms with Crippen LogP contribution >= 0.6 is 11.6 Å². The van der Waals surface area contributed by atoms with Crippen molar-refractivity contribution in [2.45, 2.75) is 6.18 Å². The molecule has 0 aliphatic carbocycles. The third-order valence-electron chi connectivity index (χ3n) is 3.29. The first-order valence-corrected chi connectivity index (χ1v) is 7.01. The quantitative estimate of drug-likeness (QED) is 0.730. The smallest absolute Gasteiger partial charge is 0.384 e. The summed E-state index contributed by atoms with van der Waals surface area (Å²) in [5.74, 6) is 0.245. The van der Waals surface area contributed by atoms with Gasteiger partial charge in [0.25, 0.3) is 0 Å². The first-order valence-electron chi connectivity index (χ1n) is 6.64. The molecule has 3 rings (SSSR count). The number of nitrogens with zero attached hydrogens (tertiary/aromatic N) is 2. The Kier molecular flexibility index (Phi) is 3.77. The van der Waals surface area contributed by atoms with Gasteiger partial charge in [-0.05, 0) is 30.3 Å². The van der Waals surface area contributed by atoms with Crippen molar-refractivity contribution in [3.63, 3.8) is 0 Å². The van der Waals surface area contributed by atoms with Crippen LogP contribution < -0.4 is 5.73 Å². The molecule has 0 saturated heterocycles. The van der Waals surface area contributed by atoms with Gasteiger partial charge >= 0.3 is 6.18 Å². The average Bonchev–Trinajstić information content (AvgIpc) is 2.89. The minimum absolute atomic E-state index is 0.245. The molecule has 0 spiro atoms. The third kappa shape index (κ3) is 3.17. The second kappa shape index (κ2) is 5.62. The fraction of sp³-hybridized carbons (Fsp3) is 0.0625. The Bertz CT molecular complexity index is 839. The summed E-state index contributed by atoms with van der Waals surface area (Å²) in [5.41, 5.74) is 6.71. The van der Waals surface area contributed by atoms with Crippen molar-refractivity contribution >= 4 is 17.4 Å². The summed E-state index contributed by atoms with van der Waals surface area (Å²) >= 11 is 5.83. The van der Waals surface area contributed by atoms with E-state index in [2.05, 4.69) is 5.10 Å². The van der Waals surface area contributed by atoms with Crippen molar-refractivity contribution < 1.29 is 13.2 Å². The van der Waals surface area contributed by atoms with Crippen LogP contribution in [-0.2, 0) is 6.18 Å².